The minimum absolute atomic E-state index is 0.616. The number of rotatable bonds is 4. The van der Waals surface area contributed by atoms with E-state index in [0.717, 1.165) is 5.56 Å². The standard InChI is InChI=1S/C12H12O2/c1-2-11(12(13)14)9-8-10-6-4-3-5-7-10/h2-9,11H,1H2,(H,13,14). The highest BCUT2D eigenvalue weighted by atomic mass is 16.4. The van der Waals surface area contributed by atoms with Crippen LogP contribution in [0.1, 0.15) is 5.56 Å². The van der Waals surface area contributed by atoms with Crippen LogP contribution in [-0.2, 0) is 4.79 Å². The van der Waals surface area contributed by atoms with Crippen LogP contribution in [0.15, 0.2) is 49.1 Å². The van der Waals surface area contributed by atoms with E-state index in [-0.39, 0.29) is 0 Å². The maximum atomic E-state index is 10.6. The van der Waals surface area contributed by atoms with Crippen molar-refractivity contribution in [2.45, 2.75) is 0 Å². The molecule has 14 heavy (non-hydrogen) atoms. The van der Waals surface area contributed by atoms with Gasteiger partial charge in [0.1, 0.15) is 0 Å². The molecule has 1 aromatic carbocycles. The number of hydrogen-bond donors (Lipinski definition) is 1. The zero-order valence-electron chi connectivity index (χ0n) is 7.76. The molecule has 0 spiro atoms. The monoisotopic (exact) mass is 188 g/mol. The van der Waals surface area contributed by atoms with Gasteiger partial charge in [-0.1, -0.05) is 48.6 Å². The second kappa shape index (κ2) is 5.02. The first-order valence-electron chi connectivity index (χ1n) is 4.32. The highest BCUT2D eigenvalue weighted by molar-refractivity contribution is 5.75. The van der Waals surface area contributed by atoms with Crippen molar-refractivity contribution in [3.05, 3.63) is 54.6 Å². The highest BCUT2D eigenvalue weighted by Gasteiger charge is 2.07. The molecule has 1 N–H and O–H groups in total. The van der Waals surface area contributed by atoms with E-state index < -0.39 is 11.9 Å². The van der Waals surface area contributed by atoms with Gasteiger partial charge < -0.3 is 5.11 Å². The van der Waals surface area contributed by atoms with Crippen molar-refractivity contribution in [3.8, 4) is 0 Å². The summed E-state index contributed by atoms with van der Waals surface area (Å²) < 4.78 is 0. The lowest BCUT2D eigenvalue weighted by Crippen LogP contribution is -2.06. The molecule has 0 bridgehead atoms. The van der Waals surface area contributed by atoms with Gasteiger partial charge in [0, 0.05) is 0 Å². The minimum Gasteiger partial charge on any atom is -0.481 e. The number of benzene rings is 1. The summed E-state index contributed by atoms with van der Waals surface area (Å²) in [4.78, 5) is 10.6. The fourth-order valence-electron chi connectivity index (χ4n) is 1.04. The number of hydrogen-bond acceptors (Lipinski definition) is 1. The van der Waals surface area contributed by atoms with Crippen molar-refractivity contribution in [3.63, 3.8) is 0 Å². The van der Waals surface area contributed by atoms with Crippen LogP contribution >= 0.6 is 0 Å². The maximum Gasteiger partial charge on any atom is 0.314 e. The molecule has 0 fully saturated rings. The normalized spacial score (nSPS) is 12.6. The molecule has 72 valence electrons. The fraction of sp³-hybridized carbons (Fsp3) is 0.0833. The number of aliphatic carboxylic acids is 1. The lowest BCUT2D eigenvalue weighted by atomic mass is 10.1. The average molecular weight is 188 g/mol. The molecule has 0 heterocycles. The summed E-state index contributed by atoms with van der Waals surface area (Å²) in [6.07, 6.45) is 4.80. The van der Waals surface area contributed by atoms with Gasteiger partial charge in [-0.2, -0.15) is 0 Å². The Kier molecular flexibility index (Phi) is 3.68. The van der Waals surface area contributed by atoms with Crippen LogP contribution in [0.5, 0.6) is 0 Å². The van der Waals surface area contributed by atoms with Crippen molar-refractivity contribution in [1.29, 1.82) is 0 Å². The predicted molar refractivity (Wildman–Crippen MR) is 56.8 cm³/mol. The minimum atomic E-state index is -0.882. The number of carboxylic acids is 1. The Labute approximate surface area is 83.2 Å². The Balaban J connectivity index is 2.72. The van der Waals surface area contributed by atoms with Crippen LogP contribution in [0.4, 0.5) is 0 Å². The van der Waals surface area contributed by atoms with Crippen LogP contribution in [0.3, 0.4) is 0 Å². The van der Waals surface area contributed by atoms with E-state index >= 15 is 0 Å². The molecule has 0 saturated carbocycles. The van der Waals surface area contributed by atoms with Crippen LogP contribution in [-0.4, -0.2) is 11.1 Å². The Hall–Kier alpha value is -1.83. The fourth-order valence-corrected chi connectivity index (χ4v) is 1.04. The van der Waals surface area contributed by atoms with Gasteiger partial charge in [0.25, 0.3) is 0 Å². The van der Waals surface area contributed by atoms with Crippen molar-refractivity contribution in [1.82, 2.24) is 0 Å². The van der Waals surface area contributed by atoms with E-state index in [2.05, 4.69) is 6.58 Å². The molecule has 2 nitrogen and oxygen atoms in total. The van der Waals surface area contributed by atoms with E-state index in [9.17, 15) is 4.79 Å². The molecule has 0 aliphatic carbocycles. The first-order valence-corrected chi connectivity index (χ1v) is 4.32. The molecule has 1 unspecified atom stereocenters. The van der Waals surface area contributed by atoms with E-state index in [4.69, 9.17) is 5.11 Å². The molecule has 2 heteroatoms. The second-order valence-electron chi connectivity index (χ2n) is 2.87. The molecule has 0 radical (unpaired) electrons. The second-order valence-corrected chi connectivity index (χ2v) is 2.87. The van der Waals surface area contributed by atoms with E-state index in [1.807, 2.05) is 30.3 Å². The third-order valence-corrected chi connectivity index (χ3v) is 1.83. The van der Waals surface area contributed by atoms with Crippen molar-refractivity contribution in [2.24, 2.45) is 5.92 Å². The topological polar surface area (TPSA) is 37.3 Å². The smallest absolute Gasteiger partial charge is 0.314 e. The largest absolute Gasteiger partial charge is 0.481 e. The van der Waals surface area contributed by atoms with Crippen molar-refractivity contribution < 1.29 is 9.90 Å². The third kappa shape index (κ3) is 2.90. The van der Waals surface area contributed by atoms with Gasteiger partial charge in [-0.3, -0.25) is 4.79 Å². The van der Waals surface area contributed by atoms with E-state index in [0.29, 0.717) is 0 Å². The molecular formula is C12H12O2. The lowest BCUT2D eigenvalue weighted by molar-refractivity contribution is -0.138. The van der Waals surface area contributed by atoms with Gasteiger partial charge in [0.15, 0.2) is 0 Å². The Bertz CT molecular complexity index is 339. The highest BCUT2D eigenvalue weighted by Crippen LogP contribution is 2.06. The SMILES string of the molecule is C=CC(C=Cc1ccccc1)C(=O)O. The average Bonchev–Trinajstić information content (AvgIpc) is 2.20. The number of carboxylic acid groups (broad SMARTS) is 1. The van der Waals surface area contributed by atoms with Crippen LogP contribution in [0.2, 0.25) is 0 Å². The Morgan fingerprint density at radius 2 is 2.00 bits per heavy atom. The van der Waals surface area contributed by atoms with Gasteiger partial charge in [-0.25, -0.2) is 0 Å². The van der Waals surface area contributed by atoms with Gasteiger partial charge in [0.2, 0.25) is 0 Å². The zero-order valence-corrected chi connectivity index (χ0v) is 7.76. The third-order valence-electron chi connectivity index (χ3n) is 1.83. The molecule has 0 saturated heterocycles. The lowest BCUT2D eigenvalue weighted by Gasteiger charge is -1.98. The van der Waals surface area contributed by atoms with E-state index in [1.165, 1.54) is 6.08 Å². The Morgan fingerprint density at radius 3 is 2.50 bits per heavy atom. The molecule has 0 amide bonds. The van der Waals surface area contributed by atoms with Crippen LogP contribution in [0.25, 0.3) is 6.08 Å². The first-order chi connectivity index (χ1) is 6.74. The van der Waals surface area contributed by atoms with Crippen molar-refractivity contribution >= 4 is 12.0 Å². The summed E-state index contributed by atoms with van der Waals surface area (Å²) in [6.45, 7) is 3.46. The van der Waals surface area contributed by atoms with Gasteiger partial charge >= 0.3 is 5.97 Å². The van der Waals surface area contributed by atoms with E-state index in [1.54, 1.807) is 12.2 Å². The molecule has 0 aliphatic rings. The molecule has 1 aromatic rings. The maximum absolute atomic E-state index is 10.6. The van der Waals surface area contributed by atoms with Crippen molar-refractivity contribution in [2.75, 3.05) is 0 Å². The summed E-state index contributed by atoms with van der Waals surface area (Å²) in [5.74, 6) is -1.50. The van der Waals surface area contributed by atoms with Gasteiger partial charge in [-0.15, -0.1) is 6.58 Å². The van der Waals surface area contributed by atoms with Crippen LogP contribution < -0.4 is 0 Å². The number of carbonyl (C=O) groups is 1. The zero-order chi connectivity index (χ0) is 10.4. The van der Waals surface area contributed by atoms with Gasteiger partial charge in [-0.05, 0) is 5.56 Å². The summed E-state index contributed by atoms with van der Waals surface area (Å²) in [5, 5.41) is 8.73. The molecular weight excluding hydrogens is 176 g/mol. The Morgan fingerprint density at radius 1 is 1.36 bits per heavy atom. The predicted octanol–water partition coefficient (Wildman–Crippen LogP) is 2.59. The molecule has 1 rings (SSSR count). The summed E-state index contributed by atoms with van der Waals surface area (Å²) in [7, 11) is 0. The molecule has 0 aromatic heterocycles. The molecule has 0 aliphatic heterocycles. The first kappa shape index (κ1) is 10.3. The van der Waals surface area contributed by atoms with Gasteiger partial charge in [0.05, 0.1) is 5.92 Å². The molecule has 1 atom stereocenters. The summed E-state index contributed by atoms with van der Waals surface area (Å²) in [5.41, 5.74) is 0.987. The quantitative estimate of drug-likeness (QED) is 0.737. The summed E-state index contributed by atoms with van der Waals surface area (Å²) in [6, 6.07) is 9.56. The van der Waals surface area contributed by atoms with Crippen LogP contribution in [0, 0.1) is 5.92 Å². The summed E-state index contributed by atoms with van der Waals surface area (Å²) >= 11 is 0.